The topological polar surface area (TPSA) is 273 Å². The molecule has 5 rings (SSSR count). The number of rotatable bonds is 22. The predicted octanol–water partition coefficient (Wildman–Crippen LogP) is 3.34. The fourth-order valence-corrected chi connectivity index (χ4v) is 9.44. The van der Waals surface area contributed by atoms with Crippen LogP contribution in [0.1, 0.15) is 90.0 Å². The van der Waals surface area contributed by atoms with Gasteiger partial charge in [-0.15, -0.1) is 5.06 Å². The Balaban J connectivity index is 1.44. The van der Waals surface area contributed by atoms with Gasteiger partial charge in [-0.05, 0) is 85.7 Å². The normalized spacial score (nSPS) is 18.3. The second-order valence-corrected chi connectivity index (χ2v) is 21.5. The molecular weight excluding hydrogens is 923 g/mol. The van der Waals surface area contributed by atoms with Crippen LogP contribution in [0.15, 0.2) is 69.6 Å². The van der Waals surface area contributed by atoms with Gasteiger partial charge in [-0.25, -0.2) is 34.6 Å². The summed E-state index contributed by atoms with van der Waals surface area (Å²) in [4.78, 5) is 41.7. The van der Waals surface area contributed by atoms with Crippen molar-refractivity contribution < 1.29 is 72.0 Å². The maximum absolute atomic E-state index is 12.2. The molecule has 0 saturated carbocycles. The van der Waals surface area contributed by atoms with Gasteiger partial charge in [-0.1, -0.05) is 26.8 Å². The van der Waals surface area contributed by atoms with Gasteiger partial charge >= 0.3 is 5.97 Å². The third kappa shape index (κ3) is 13.9. The van der Waals surface area contributed by atoms with Gasteiger partial charge in [0.15, 0.2) is 0 Å². The molecule has 0 N–H and O–H groups in total. The number of ether oxygens (including phenoxy) is 2. The molecule has 0 aromatic heterocycles. The van der Waals surface area contributed by atoms with Crippen molar-refractivity contribution in [3.8, 4) is 11.3 Å². The van der Waals surface area contributed by atoms with Gasteiger partial charge in [-0.2, -0.15) is 0 Å². The zero-order chi connectivity index (χ0) is 48.7. The van der Waals surface area contributed by atoms with E-state index in [1.807, 2.05) is 40.7 Å². The van der Waals surface area contributed by atoms with E-state index in [1.165, 1.54) is 18.2 Å². The average molecular weight is 978 g/mol. The molecule has 1 fully saturated rings. The number of hydroxylamine groups is 2. The third-order valence-electron chi connectivity index (χ3n) is 11.2. The zero-order valence-electron chi connectivity index (χ0n) is 37.5. The maximum atomic E-state index is 12.2. The number of amides is 2. The molecule has 2 amide bonds. The van der Waals surface area contributed by atoms with Gasteiger partial charge < -0.3 is 37.3 Å². The van der Waals surface area contributed by atoms with E-state index in [2.05, 4.69) is 20.8 Å². The van der Waals surface area contributed by atoms with Crippen LogP contribution in [-0.4, -0.2) is 119 Å². The smallest absolute Gasteiger partial charge is 0.335 e. The number of allylic oxidation sites excluding steroid dienone is 3. The summed E-state index contributed by atoms with van der Waals surface area (Å²) < 4.78 is 125. The minimum atomic E-state index is -4.91. The van der Waals surface area contributed by atoms with Gasteiger partial charge in [0.1, 0.15) is 34.7 Å². The molecule has 1 atom stereocenters. The summed E-state index contributed by atoms with van der Waals surface area (Å²) in [6, 6.07) is 11.6. The Labute approximate surface area is 385 Å². The summed E-state index contributed by atoms with van der Waals surface area (Å²) in [6.07, 6.45) is 5.07. The summed E-state index contributed by atoms with van der Waals surface area (Å²) in [5.74, 6) is -2.17. The number of carbonyl (C=O) groups is 3. The Hall–Kier alpha value is -4.81. The van der Waals surface area contributed by atoms with Crippen LogP contribution in [0.5, 0.6) is 0 Å². The maximum Gasteiger partial charge on any atom is 0.335 e. The molecule has 1 unspecified atom stereocenters. The highest BCUT2D eigenvalue weighted by molar-refractivity contribution is 7.86. The Bertz CT molecular complexity index is 2720. The van der Waals surface area contributed by atoms with Gasteiger partial charge in [0.05, 0.1) is 64.0 Å². The summed E-state index contributed by atoms with van der Waals surface area (Å²) in [6.45, 7) is 11.1. The van der Waals surface area contributed by atoms with Gasteiger partial charge in [0, 0.05) is 65.7 Å². The van der Waals surface area contributed by atoms with Crippen molar-refractivity contribution in [3.63, 3.8) is 0 Å². The summed E-state index contributed by atoms with van der Waals surface area (Å²) in [5, 5.41) is 1.22. The molecule has 19 nitrogen and oxygen atoms in total. The Morgan fingerprint density at radius 3 is 2.15 bits per heavy atom. The fraction of sp³-hybridized carbons (Fsp3) is 0.500. The van der Waals surface area contributed by atoms with Crippen molar-refractivity contribution in [1.29, 1.82) is 0 Å². The first-order chi connectivity index (χ1) is 30.8. The predicted molar refractivity (Wildman–Crippen MR) is 237 cm³/mol. The number of fused-ring (bicyclic) bond motifs is 2. The second kappa shape index (κ2) is 21.4. The lowest BCUT2D eigenvalue weighted by molar-refractivity contribution is -0.198. The summed E-state index contributed by atoms with van der Waals surface area (Å²) >= 11 is 0. The molecule has 0 spiro atoms. The van der Waals surface area contributed by atoms with E-state index < -0.39 is 70.0 Å². The second-order valence-electron chi connectivity index (χ2n) is 17.1. The van der Waals surface area contributed by atoms with E-state index in [-0.39, 0.29) is 76.9 Å². The largest absolute Gasteiger partial charge is 0.748 e. The van der Waals surface area contributed by atoms with Crippen LogP contribution in [-0.2, 0) is 69.9 Å². The number of hydrogen-bond donors (Lipinski definition) is 0. The van der Waals surface area contributed by atoms with Crippen molar-refractivity contribution in [1.82, 2.24) is 9.64 Å². The van der Waals surface area contributed by atoms with E-state index in [0.29, 0.717) is 46.6 Å². The molecule has 0 radical (unpaired) electrons. The van der Waals surface area contributed by atoms with Crippen LogP contribution in [0.3, 0.4) is 0 Å². The highest BCUT2D eigenvalue weighted by Gasteiger charge is 2.43. The number of anilines is 1. The van der Waals surface area contributed by atoms with E-state index in [1.54, 1.807) is 25.2 Å². The molecule has 1 saturated heterocycles. The number of benzene rings is 2. The van der Waals surface area contributed by atoms with Crippen molar-refractivity contribution in [3.05, 3.63) is 82.6 Å². The first-order valence-corrected chi connectivity index (χ1v) is 25.9. The van der Waals surface area contributed by atoms with E-state index in [4.69, 9.17) is 18.7 Å². The average Bonchev–Trinajstić information content (AvgIpc) is 3.65. The van der Waals surface area contributed by atoms with Crippen molar-refractivity contribution in [2.45, 2.75) is 88.9 Å². The van der Waals surface area contributed by atoms with Crippen molar-refractivity contribution in [2.24, 2.45) is 0 Å². The van der Waals surface area contributed by atoms with Gasteiger partial charge in [0.2, 0.25) is 5.36 Å². The van der Waals surface area contributed by atoms with Crippen LogP contribution in [0.2, 0.25) is 0 Å². The van der Waals surface area contributed by atoms with Crippen molar-refractivity contribution in [2.75, 3.05) is 62.5 Å². The number of imide groups is 1. The molecule has 22 heteroatoms. The van der Waals surface area contributed by atoms with Crippen LogP contribution in [0, 0.1) is 0 Å². The van der Waals surface area contributed by atoms with E-state index in [9.17, 15) is 53.3 Å². The molecule has 1 aliphatic carbocycles. The molecule has 1 aromatic carbocycles. The Morgan fingerprint density at radius 2 is 1.53 bits per heavy atom. The highest BCUT2D eigenvalue weighted by Crippen LogP contribution is 2.51. The van der Waals surface area contributed by atoms with Crippen LogP contribution in [0.25, 0.3) is 17.4 Å². The standard InChI is InChI=1S/C44H57N3O16S3/c1-6-45(20-9-27-65(54,55)56)31-12-14-34-35(43(2,3)4)29-32(62-38(34)28-31)10-7-11-39-44(5,19-8-26-64(51,52)53)36-30-33(66(57,58)59)13-15-37(36)46(39)21-23-61-25-24-60-22-18-42(50)63-47-40(48)16-17-41(47)49/h7,10-15,28-30H,6,8-9,16-27H2,1-5H3,(H2-,51,52,53,54,55,56,57,58,59)/p-2. The molecule has 4 aliphatic rings. The van der Waals surface area contributed by atoms with E-state index >= 15 is 0 Å². The monoisotopic (exact) mass is 977 g/mol. The van der Waals surface area contributed by atoms with Crippen LogP contribution < -0.4 is 14.8 Å². The first-order valence-electron chi connectivity index (χ1n) is 21.3. The molecule has 1 aromatic rings. The van der Waals surface area contributed by atoms with Gasteiger partial charge in [0.25, 0.3) is 11.8 Å². The van der Waals surface area contributed by atoms with E-state index in [0.717, 1.165) is 16.5 Å². The van der Waals surface area contributed by atoms with Crippen LogP contribution >= 0.6 is 0 Å². The molecular formula is C44H55N3O16S3-2. The number of nitrogens with zero attached hydrogens (tertiary/aromatic N) is 3. The van der Waals surface area contributed by atoms with Crippen LogP contribution in [0.4, 0.5) is 5.69 Å². The Morgan fingerprint density at radius 1 is 0.879 bits per heavy atom. The molecule has 66 heavy (non-hydrogen) atoms. The number of carbonyl (C=O) groups excluding carboxylic acids is 3. The lowest BCUT2D eigenvalue weighted by Gasteiger charge is -2.30. The molecule has 362 valence electrons. The Kier molecular flexibility index (Phi) is 16.9. The van der Waals surface area contributed by atoms with Crippen molar-refractivity contribution >= 4 is 59.9 Å². The first kappa shape index (κ1) is 52.2. The number of hydrogen-bond acceptors (Lipinski definition) is 17. The quantitative estimate of drug-likeness (QED) is 0.0604. The third-order valence-corrected chi connectivity index (χ3v) is 13.6. The highest BCUT2D eigenvalue weighted by atomic mass is 32.2. The fourth-order valence-electron chi connectivity index (χ4n) is 7.96. The SMILES string of the molecule is CC[N+](CCCS(=O)(=O)[O-])=c1ccc2c(C(C)(C)C)cc(/C=C/C=C3/N(CCOCCOCCC(=O)ON4C(=O)CCC4=O)c4ccc(S(=O)(=O)[O-])cc4C3(C)CCCS(=O)(=O)[O-])oc-2c1. The minimum Gasteiger partial charge on any atom is -0.748 e. The summed E-state index contributed by atoms with van der Waals surface area (Å²) in [7, 11) is -13.9. The minimum absolute atomic E-state index is 0.0288. The lowest BCUT2D eigenvalue weighted by Crippen LogP contribution is -2.32. The molecule has 3 aliphatic heterocycles. The molecule has 3 heterocycles. The lowest BCUT2D eigenvalue weighted by atomic mass is 9.77. The zero-order valence-corrected chi connectivity index (χ0v) is 39.9. The summed E-state index contributed by atoms with van der Waals surface area (Å²) in [5.41, 5.74) is 1.86. The molecule has 0 bridgehead atoms. The van der Waals surface area contributed by atoms with Gasteiger partial charge in [-0.3, -0.25) is 9.59 Å².